The third-order valence-corrected chi connectivity index (χ3v) is 2.65. The van der Waals surface area contributed by atoms with E-state index in [2.05, 4.69) is 61.7 Å². The van der Waals surface area contributed by atoms with E-state index in [1.165, 1.54) is 11.3 Å². The average Bonchev–Trinajstić information content (AvgIpc) is 2.25. The summed E-state index contributed by atoms with van der Waals surface area (Å²) < 4.78 is 0. The SMILES string of the molecule is Cc1ccc(NC2=CCC(C)C=C2)cc1. The second-order valence-corrected chi connectivity index (χ2v) is 4.22. The van der Waals surface area contributed by atoms with Crippen LogP contribution in [0.5, 0.6) is 0 Å². The van der Waals surface area contributed by atoms with Crippen LogP contribution in [0.1, 0.15) is 18.9 Å². The molecule has 2 rings (SSSR count). The molecule has 15 heavy (non-hydrogen) atoms. The van der Waals surface area contributed by atoms with Crippen LogP contribution in [-0.2, 0) is 0 Å². The highest BCUT2D eigenvalue weighted by molar-refractivity contribution is 5.51. The van der Waals surface area contributed by atoms with Crippen molar-refractivity contribution in [3.8, 4) is 0 Å². The normalized spacial score (nSPS) is 19.9. The van der Waals surface area contributed by atoms with E-state index in [9.17, 15) is 0 Å². The van der Waals surface area contributed by atoms with Gasteiger partial charge in [-0.25, -0.2) is 0 Å². The van der Waals surface area contributed by atoms with Crippen molar-refractivity contribution in [1.29, 1.82) is 0 Å². The minimum atomic E-state index is 0.675. The molecule has 0 saturated heterocycles. The largest absolute Gasteiger partial charge is 0.356 e. The summed E-state index contributed by atoms with van der Waals surface area (Å²) in [7, 11) is 0. The van der Waals surface area contributed by atoms with Crippen molar-refractivity contribution < 1.29 is 0 Å². The summed E-state index contributed by atoms with van der Waals surface area (Å²) in [6, 6.07) is 8.47. The Morgan fingerprint density at radius 1 is 1.20 bits per heavy atom. The molecule has 1 unspecified atom stereocenters. The highest BCUT2D eigenvalue weighted by atomic mass is 14.9. The first-order valence-corrected chi connectivity index (χ1v) is 5.46. The van der Waals surface area contributed by atoms with Crippen molar-refractivity contribution in [1.82, 2.24) is 0 Å². The molecule has 0 saturated carbocycles. The third-order valence-electron chi connectivity index (χ3n) is 2.65. The lowest BCUT2D eigenvalue weighted by atomic mass is 10.0. The van der Waals surface area contributed by atoms with E-state index in [1.807, 2.05) is 0 Å². The van der Waals surface area contributed by atoms with Gasteiger partial charge in [0.15, 0.2) is 0 Å². The minimum Gasteiger partial charge on any atom is -0.356 e. The van der Waals surface area contributed by atoms with Gasteiger partial charge in [0.05, 0.1) is 0 Å². The first kappa shape index (κ1) is 10.0. The van der Waals surface area contributed by atoms with E-state index < -0.39 is 0 Å². The van der Waals surface area contributed by atoms with E-state index >= 15 is 0 Å². The van der Waals surface area contributed by atoms with Crippen LogP contribution in [0.15, 0.2) is 48.2 Å². The Hall–Kier alpha value is -1.50. The van der Waals surface area contributed by atoms with Gasteiger partial charge in [0, 0.05) is 11.4 Å². The molecule has 1 aliphatic rings. The predicted molar refractivity (Wildman–Crippen MR) is 65.8 cm³/mol. The zero-order valence-electron chi connectivity index (χ0n) is 9.33. The smallest absolute Gasteiger partial charge is 0.0384 e. The van der Waals surface area contributed by atoms with Gasteiger partial charge < -0.3 is 5.32 Å². The first-order chi connectivity index (χ1) is 7.24. The maximum absolute atomic E-state index is 3.40. The van der Waals surface area contributed by atoms with Gasteiger partial charge in [0.25, 0.3) is 0 Å². The molecule has 1 atom stereocenters. The topological polar surface area (TPSA) is 12.0 Å². The summed E-state index contributed by atoms with van der Waals surface area (Å²) in [6.45, 7) is 4.33. The molecule has 0 radical (unpaired) electrons. The number of allylic oxidation sites excluding steroid dienone is 3. The monoisotopic (exact) mass is 199 g/mol. The second kappa shape index (κ2) is 4.35. The highest BCUT2D eigenvalue weighted by Gasteiger charge is 2.02. The number of rotatable bonds is 2. The van der Waals surface area contributed by atoms with Gasteiger partial charge >= 0.3 is 0 Å². The first-order valence-electron chi connectivity index (χ1n) is 5.46. The Bertz CT molecular complexity index is 384. The van der Waals surface area contributed by atoms with Gasteiger partial charge in [-0.3, -0.25) is 0 Å². The zero-order chi connectivity index (χ0) is 10.7. The van der Waals surface area contributed by atoms with Crippen LogP contribution < -0.4 is 5.32 Å². The summed E-state index contributed by atoms with van der Waals surface area (Å²) in [5.74, 6) is 0.675. The van der Waals surface area contributed by atoms with Crippen LogP contribution in [0.4, 0.5) is 5.69 Å². The molecule has 1 aliphatic carbocycles. The quantitative estimate of drug-likeness (QED) is 0.762. The lowest BCUT2D eigenvalue weighted by Gasteiger charge is -2.13. The number of anilines is 1. The van der Waals surface area contributed by atoms with Gasteiger partial charge in [-0.2, -0.15) is 0 Å². The Morgan fingerprint density at radius 2 is 1.93 bits per heavy atom. The molecule has 0 bridgehead atoms. The van der Waals surface area contributed by atoms with Crippen molar-refractivity contribution in [2.24, 2.45) is 5.92 Å². The molecule has 1 nitrogen and oxygen atoms in total. The molecular weight excluding hydrogens is 182 g/mol. The molecule has 0 spiro atoms. The van der Waals surface area contributed by atoms with Crippen molar-refractivity contribution in [3.05, 3.63) is 53.8 Å². The minimum absolute atomic E-state index is 0.675. The van der Waals surface area contributed by atoms with Crippen molar-refractivity contribution in [3.63, 3.8) is 0 Å². The molecule has 0 fully saturated rings. The van der Waals surface area contributed by atoms with E-state index in [1.54, 1.807) is 0 Å². The fourth-order valence-electron chi connectivity index (χ4n) is 1.62. The number of hydrogen-bond acceptors (Lipinski definition) is 1. The van der Waals surface area contributed by atoms with E-state index in [0.29, 0.717) is 5.92 Å². The lowest BCUT2D eigenvalue weighted by Crippen LogP contribution is -2.02. The Balaban J connectivity index is 2.04. The van der Waals surface area contributed by atoms with Gasteiger partial charge in [-0.1, -0.05) is 36.8 Å². The molecule has 1 N–H and O–H groups in total. The van der Waals surface area contributed by atoms with Crippen molar-refractivity contribution in [2.75, 3.05) is 5.32 Å². The molecule has 0 aliphatic heterocycles. The molecule has 1 aromatic carbocycles. The lowest BCUT2D eigenvalue weighted by molar-refractivity contribution is 0.731. The number of hydrogen-bond donors (Lipinski definition) is 1. The molecule has 0 aromatic heterocycles. The second-order valence-electron chi connectivity index (χ2n) is 4.22. The Labute approximate surface area is 91.5 Å². The summed E-state index contributed by atoms with van der Waals surface area (Å²) in [4.78, 5) is 0. The maximum atomic E-state index is 3.40. The van der Waals surface area contributed by atoms with E-state index in [-0.39, 0.29) is 0 Å². The van der Waals surface area contributed by atoms with Crippen LogP contribution in [0.3, 0.4) is 0 Å². The summed E-state index contributed by atoms with van der Waals surface area (Å²) >= 11 is 0. The van der Waals surface area contributed by atoms with Crippen LogP contribution in [0, 0.1) is 12.8 Å². The maximum Gasteiger partial charge on any atom is 0.0384 e. The van der Waals surface area contributed by atoms with Crippen molar-refractivity contribution in [2.45, 2.75) is 20.3 Å². The molecular formula is C14H17N. The number of benzene rings is 1. The van der Waals surface area contributed by atoms with Crippen LogP contribution >= 0.6 is 0 Å². The molecule has 78 valence electrons. The number of nitrogens with one attached hydrogen (secondary N) is 1. The van der Waals surface area contributed by atoms with Crippen LogP contribution in [0.25, 0.3) is 0 Å². The van der Waals surface area contributed by atoms with Crippen LogP contribution in [0.2, 0.25) is 0 Å². The molecule has 0 heterocycles. The summed E-state index contributed by atoms with van der Waals surface area (Å²) in [5, 5.41) is 3.40. The third kappa shape index (κ3) is 2.72. The number of aryl methyl sites for hydroxylation is 1. The Morgan fingerprint density at radius 3 is 2.53 bits per heavy atom. The summed E-state index contributed by atoms with van der Waals surface area (Å²) in [5.41, 5.74) is 3.66. The average molecular weight is 199 g/mol. The van der Waals surface area contributed by atoms with Crippen LogP contribution in [-0.4, -0.2) is 0 Å². The summed E-state index contributed by atoms with van der Waals surface area (Å²) in [6.07, 6.45) is 7.79. The zero-order valence-corrected chi connectivity index (χ0v) is 9.33. The van der Waals surface area contributed by atoms with Gasteiger partial charge in [-0.05, 0) is 37.5 Å². The van der Waals surface area contributed by atoms with Gasteiger partial charge in [-0.15, -0.1) is 0 Å². The van der Waals surface area contributed by atoms with E-state index in [0.717, 1.165) is 12.1 Å². The fraction of sp³-hybridized carbons (Fsp3) is 0.286. The predicted octanol–water partition coefficient (Wildman–Crippen LogP) is 3.89. The van der Waals surface area contributed by atoms with E-state index in [4.69, 9.17) is 0 Å². The highest BCUT2D eigenvalue weighted by Crippen LogP contribution is 2.18. The van der Waals surface area contributed by atoms with Gasteiger partial charge in [0.1, 0.15) is 0 Å². The Kier molecular flexibility index (Phi) is 2.91. The fourth-order valence-corrected chi connectivity index (χ4v) is 1.62. The standard InChI is InChI=1S/C14H17N/c1-11-3-7-13(8-4-11)15-14-9-5-12(2)6-10-14/h3-5,7-10,12,15H,6H2,1-2H3. The van der Waals surface area contributed by atoms with Gasteiger partial charge in [0.2, 0.25) is 0 Å². The molecule has 1 aromatic rings. The molecule has 0 amide bonds. The molecule has 1 heteroatoms. The van der Waals surface area contributed by atoms with Crippen molar-refractivity contribution >= 4 is 5.69 Å².